The molecule has 6 nitrogen and oxygen atoms in total. The lowest BCUT2D eigenvalue weighted by molar-refractivity contribution is -0.121. The van der Waals surface area contributed by atoms with Crippen molar-refractivity contribution in [3.8, 4) is 0 Å². The number of carbonyl (C=O) groups is 2. The van der Waals surface area contributed by atoms with Gasteiger partial charge in [-0.15, -0.1) is 0 Å². The Balaban J connectivity index is 1.47. The van der Waals surface area contributed by atoms with E-state index in [1.807, 2.05) is 30.3 Å². The van der Waals surface area contributed by atoms with Crippen LogP contribution >= 0.6 is 0 Å². The second-order valence-corrected chi connectivity index (χ2v) is 5.89. The molecule has 0 aliphatic carbocycles. The predicted molar refractivity (Wildman–Crippen MR) is 89.2 cm³/mol. The van der Waals surface area contributed by atoms with E-state index in [9.17, 15) is 9.59 Å². The average Bonchev–Trinajstić information content (AvgIpc) is 2.63. The smallest absolute Gasteiger partial charge is 0.274 e. The Hall–Kier alpha value is -2.76. The van der Waals surface area contributed by atoms with Crippen molar-refractivity contribution in [2.24, 2.45) is 0 Å². The van der Waals surface area contributed by atoms with Crippen molar-refractivity contribution in [3.05, 3.63) is 60.2 Å². The number of amides is 2. The minimum Gasteiger partial charge on any atom is -0.353 e. The lowest BCUT2D eigenvalue weighted by Crippen LogP contribution is -2.47. The molecule has 0 saturated carbocycles. The van der Waals surface area contributed by atoms with Gasteiger partial charge in [-0.3, -0.25) is 14.6 Å². The van der Waals surface area contributed by atoms with Gasteiger partial charge in [-0.2, -0.15) is 0 Å². The van der Waals surface area contributed by atoms with Gasteiger partial charge in [0.25, 0.3) is 5.91 Å². The molecular formula is C18H20N4O2. The number of carbonyl (C=O) groups excluding carboxylic acids is 2. The highest BCUT2D eigenvalue weighted by Gasteiger charge is 2.25. The molecule has 0 atom stereocenters. The van der Waals surface area contributed by atoms with Gasteiger partial charge in [0, 0.05) is 31.5 Å². The number of aromatic nitrogens is 2. The first kappa shape index (κ1) is 16.1. The molecule has 0 bridgehead atoms. The van der Waals surface area contributed by atoms with E-state index in [-0.39, 0.29) is 17.9 Å². The zero-order chi connectivity index (χ0) is 16.8. The number of rotatable bonds is 4. The largest absolute Gasteiger partial charge is 0.353 e. The molecule has 2 heterocycles. The topological polar surface area (TPSA) is 75.2 Å². The van der Waals surface area contributed by atoms with Crippen molar-refractivity contribution >= 4 is 11.8 Å². The fraction of sp³-hybridized carbons (Fsp3) is 0.333. The molecule has 1 aromatic carbocycles. The lowest BCUT2D eigenvalue weighted by Gasteiger charge is -2.32. The second-order valence-electron chi connectivity index (χ2n) is 5.89. The highest BCUT2D eigenvalue weighted by Crippen LogP contribution is 2.13. The van der Waals surface area contributed by atoms with E-state index >= 15 is 0 Å². The van der Waals surface area contributed by atoms with Gasteiger partial charge in [-0.1, -0.05) is 30.3 Å². The molecule has 1 aliphatic rings. The van der Waals surface area contributed by atoms with Crippen molar-refractivity contribution < 1.29 is 9.59 Å². The minimum atomic E-state index is -0.0998. The van der Waals surface area contributed by atoms with E-state index in [1.54, 1.807) is 11.1 Å². The van der Waals surface area contributed by atoms with Crippen LogP contribution in [0.3, 0.4) is 0 Å². The van der Waals surface area contributed by atoms with Crippen molar-refractivity contribution in [2.75, 3.05) is 13.1 Å². The Labute approximate surface area is 140 Å². The number of likely N-dealkylation sites (tertiary alicyclic amines) is 1. The fourth-order valence-corrected chi connectivity index (χ4v) is 2.86. The van der Waals surface area contributed by atoms with E-state index in [4.69, 9.17) is 0 Å². The highest BCUT2D eigenvalue weighted by molar-refractivity contribution is 5.92. The molecule has 2 amide bonds. The van der Waals surface area contributed by atoms with E-state index < -0.39 is 0 Å². The summed E-state index contributed by atoms with van der Waals surface area (Å²) in [7, 11) is 0. The van der Waals surface area contributed by atoms with E-state index in [1.165, 1.54) is 12.4 Å². The molecular weight excluding hydrogens is 304 g/mol. The first-order valence-corrected chi connectivity index (χ1v) is 8.11. The summed E-state index contributed by atoms with van der Waals surface area (Å²) in [6.07, 6.45) is 6.45. The molecule has 0 radical (unpaired) electrons. The van der Waals surface area contributed by atoms with Crippen molar-refractivity contribution in [3.63, 3.8) is 0 Å². The summed E-state index contributed by atoms with van der Waals surface area (Å²) in [5, 5.41) is 3.06. The van der Waals surface area contributed by atoms with Gasteiger partial charge in [0.1, 0.15) is 5.69 Å². The van der Waals surface area contributed by atoms with Crippen molar-refractivity contribution in [1.82, 2.24) is 20.2 Å². The summed E-state index contributed by atoms with van der Waals surface area (Å²) in [6, 6.07) is 9.81. The van der Waals surface area contributed by atoms with Gasteiger partial charge in [0.2, 0.25) is 5.91 Å². The number of hydrogen-bond donors (Lipinski definition) is 1. The minimum absolute atomic E-state index is 0.0277. The monoisotopic (exact) mass is 324 g/mol. The molecule has 6 heteroatoms. The third-order valence-corrected chi connectivity index (χ3v) is 4.14. The van der Waals surface area contributed by atoms with E-state index in [2.05, 4.69) is 15.3 Å². The van der Waals surface area contributed by atoms with Gasteiger partial charge in [-0.25, -0.2) is 4.98 Å². The Kier molecular flexibility index (Phi) is 5.15. The number of benzene rings is 1. The number of nitrogens with one attached hydrogen (secondary N) is 1. The van der Waals surface area contributed by atoms with Crippen LogP contribution in [0.4, 0.5) is 0 Å². The molecule has 24 heavy (non-hydrogen) atoms. The predicted octanol–water partition coefficient (Wildman–Crippen LogP) is 1.44. The molecule has 1 saturated heterocycles. The third kappa shape index (κ3) is 4.16. The Morgan fingerprint density at radius 2 is 1.88 bits per heavy atom. The quantitative estimate of drug-likeness (QED) is 0.923. The SMILES string of the molecule is O=C(Cc1ccccc1)NC1CCN(C(=O)c2cnccn2)CC1. The van der Waals surface area contributed by atoms with Gasteiger partial charge in [-0.05, 0) is 18.4 Å². The van der Waals surface area contributed by atoms with Gasteiger partial charge < -0.3 is 10.2 Å². The summed E-state index contributed by atoms with van der Waals surface area (Å²) < 4.78 is 0. The van der Waals surface area contributed by atoms with Crippen LogP contribution in [0.15, 0.2) is 48.9 Å². The molecule has 1 fully saturated rings. The molecule has 124 valence electrons. The van der Waals surface area contributed by atoms with Crippen LogP contribution in [0.2, 0.25) is 0 Å². The Bertz CT molecular complexity index is 683. The van der Waals surface area contributed by atoms with Crippen LogP contribution in [-0.4, -0.2) is 45.8 Å². The fourth-order valence-electron chi connectivity index (χ4n) is 2.86. The summed E-state index contributed by atoms with van der Waals surface area (Å²) in [5.74, 6) is -0.0722. The van der Waals surface area contributed by atoms with Crippen molar-refractivity contribution in [1.29, 1.82) is 0 Å². The average molecular weight is 324 g/mol. The lowest BCUT2D eigenvalue weighted by atomic mass is 10.0. The van der Waals surface area contributed by atoms with Gasteiger partial charge in [0.05, 0.1) is 12.6 Å². The number of nitrogens with zero attached hydrogens (tertiary/aromatic N) is 3. The molecule has 1 N–H and O–H groups in total. The molecule has 0 spiro atoms. The van der Waals surface area contributed by atoms with Crippen LogP contribution in [0.25, 0.3) is 0 Å². The Morgan fingerprint density at radius 1 is 1.12 bits per heavy atom. The standard InChI is InChI=1S/C18H20N4O2/c23-17(12-14-4-2-1-3-5-14)21-15-6-10-22(11-7-15)18(24)16-13-19-8-9-20-16/h1-5,8-9,13,15H,6-7,10-12H2,(H,21,23). The highest BCUT2D eigenvalue weighted by atomic mass is 16.2. The summed E-state index contributed by atoms with van der Waals surface area (Å²) >= 11 is 0. The maximum atomic E-state index is 12.3. The van der Waals surface area contributed by atoms with Gasteiger partial charge >= 0.3 is 0 Å². The third-order valence-electron chi connectivity index (χ3n) is 4.14. The van der Waals surface area contributed by atoms with Crippen LogP contribution in [0.1, 0.15) is 28.9 Å². The first-order chi connectivity index (χ1) is 11.7. The normalized spacial score (nSPS) is 15.1. The van der Waals surface area contributed by atoms with Crippen LogP contribution in [0.5, 0.6) is 0 Å². The number of piperidine rings is 1. The molecule has 3 rings (SSSR count). The molecule has 1 aromatic heterocycles. The van der Waals surface area contributed by atoms with Crippen LogP contribution in [-0.2, 0) is 11.2 Å². The van der Waals surface area contributed by atoms with Crippen LogP contribution in [0, 0.1) is 0 Å². The molecule has 1 aliphatic heterocycles. The zero-order valence-corrected chi connectivity index (χ0v) is 13.4. The Morgan fingerprint density at radius 3 is 2.54 bits per heavy atom. The summed E-state index contributed by atoms with van der Waals surface area (Å²) in [4.78, 5) is 34.2. The maximum absolute atomic E-state index is 12.3. The van der Waals surface area contributed by atoms with Crippen molar-refractivity contribution in [2.45, 2.75) is 25.3 Å². The molecule has 0 unspecified atom stereocenters. The van der Waals surface area contributed by atoms with E-state index in [0.717, 1.165) is 18.4 Å². The second kappa shape index (κ2) is 7.68. The zero-order valence-electron chi connectivity index (χ0n) is 13.4. The van der Waals surface area contributed by atoms with Crippen LogP contribution < -0.4 is 5.32 Å². The van der Waals surface area contributed by atoms with E-state index in [0.29, 0.717) is 25.2 Å². The maximum Gasteiger partial charge on any atom is 0.274 e. The summed E-state index contributed by atoms with van der Waals surface area (Å²) in [5.41, 5.74) is 1.37. The number of hydrogen-bond acceptors (Lipinski definition) is 4. The first-order valence-electron chi connectivity index (χ1n) is 8.11. The molecule has 2 aromatic rings. The summed E-state index contributed by atoms with van der Waals surface area (Å²) in [6.45, 7) is 1.23. The van der Waals surface area contributed by atoms with Gasteiger partial charge in [0.15, 0.2) is 0 Å².